The first kappa shape index (κ1) is 14.0. The van der Waals surface area contributed by atoms with Gasteiger partial charge in [0.25, 0.3) is 0 Å². The number of ether oxygens (including phenoxy) is 1. The topological polar surface area (TPSA) is 9.23 Å². The standard InChI is InChI=1S/C21H17FO/c1-14-12-15-6-3-4-9-19(15)20-18(14)10-11-21(2,23-20)16-7-5-8-17(22)13-16/h3-13H,1-2H3. The minimum absolute atomic E-state index is 0.249. The quantitative estimate of drug-likeness (QED) is 0.568. The lowest BCUT2D eigenvalue weighted by Crippen LogP contribution is -2.29. The van der Waals surface area contributed by atoms with Gasteiger partial charge in [0.1, 0.15) is 17.2 Å². The third-order valence-electron chi connectivity index (χ3n) is 4.53. The minimum atomic E-state index is -0.675. The van der Waals surface area contributed by atoms with Crippen LogP contribution < -0.4 is 4.74 Å². The number of hydrogen-bond acceptors (Lipinski definition) is 1. The summed E-state index contributed by atoms with van der Waals surface area (Å²) >= 11 is 0. The lowest BCUT2D eigenvalue weighted by atomic mass is 9.89. The van der Waals surface area contributed by atoms with Gasteiger partial charge in [-0.25, -0.2) is 4.39 Å². The Kier molecular flexibility index (Phi) is 3.02. The van der Waals surface area contributed by atoms with Gasteiger partial charge in [-0.2, -0.15) is 0 Å². The van der Waals surface area contributed by atoms with Crippen LogP contribution in [0.3, 0.4) is 0 Å². The highest BCUT2D eigenvalue weighted by atomic mass is 19.1. The maximum absolute atomic E-state index is 13.6. The molecule has 1 aliphatic rings. The van der Waals surface area contributed by atoms with Crippen molar-refractivity contribution in [2.45, 2.75) is 19.4 Å². The summed E-state index contributed by atoms with van der Waals surface area (Å²) in [6.45, 7) is 4.06. The normalized spacial score (nSPS) is 19.4. The number of fused-ring (bicyclic) bond motifs is 3. The molecule has 1 nitrogen and oxygen atoms in total. The van der Waals surface area contributed by atoms with Gasteiger partial charge in [-0.15, -0.1) is 0 Å². The predicted octanol–water partition coefficient (Wildman–Crippen LogP) is 5.61. The fourth-order valence-electron chi connectivity index (χ4n) is 3.22. The fraction of sp³-hybridized carbons (Fsp3) is 0.143. The number of aryl methyl sites for hydroxylation is 1. The molecule has 0 spiro atoms. The summed E-state index contributed by atoms with van der Waals surface area (Å²) in [4.78, 5) is 0. The molecule has 0 bridgehead atoms. The molecule has 1 atom stereocenters. The molecule has 114 valence electrons. The molecule has 0 amide bonds. The molecule has 0 fully saturated rings. The summed E-state index contributed by atoms with van der Waals surface area (Å²) in [6.07, 6.45) is 4.09. The van der Waals surface area contributed by atoms with Crippen LogP contribution in [-0.4, -0.2) is 0 Å². The van der Waals surface area contributed by atoms with Crippen LogP contribution in [0, 0.1) is 12.7 Å². The van der Waals surface area contributed by atoms with Crippen molar-refractivity contribution < 1.29 is 9.13 Å². The van der Waals surface area contributed by atoms with E-state index in [0.717, 1.165) is 27.6 Å². The van der Waals surface area contributed by atoms with E-state index in [1.807, 2.05) is 31.2 Å². The Balaban J connectivity index is 1.92. The van der Waals surface area contributed by atoms with Gasteiger partial charge >= 0.3 is 0 Å². The smallest absolute Gasteiger partial charge is 0.150 e. The zero-order valence-corrected chi connectivity index (χ0v) is 13.1. The second-order valence-electron chi connectivity index (χ2n) is 6.21. The summed E-state index contributed by atoms with van der Waals surface area (Å²) < 4.78 is 20.0. The molecule has 1 heterocycles. The molecule has 1 unspecified atom stereocenters. The van der Waals surface area contributed by atoms with E-state index in [9.17, 15) is 4.39 Å². The molecule has 3 aromatic rings. The van der Waals surface area contributed by atoms with E-state index >= 15 is 0 Å². The molecule has 0 saturated heterocycles. The SMILES string of the molecule is Cc1cc2ccccc2c2c1C=CC(C)(c1cccc(F)c1)O2. The Morgan fingerprint density at radius 2 is 1.83 bits per heavy atom. The highest BCUT2D eigenvalue weighted by molar-refractivity contribution is 5.93. The zero-order chi connectivity index (χ0) is 16.0. The molecule has 3 aromatic carbocycles. The maximum Gasteiger partial charge on any atom is 0.150 e. The van der Waals surface area contributed by atoms with Gasteiger partial charge in [-0.3, -0.25) is 0 Å². The molecule has 0 N–H and O–H groups in total. The maximum atomic E-state index is 13.6. The van der Waals surface area contributed by atoms with Crippen molar-refractivity contribution in [3.8, 4) is 5.75 Å². The van der Waals surface area contributed by atoms with Crippen LogP contribution in [0.15, 0.2) is 60.7 Å². The molecule has 0 aliphatic carbocycles. The Labute approximate surface area is 135 Å². The van der Waals surface area contributed by atoms with Crippen LogP contribution >= 0.6 is 0 Å². The largest absolute Gasteiger partial charge is 0.477 e. The Morgan fingerprint density at radius 1 is 1.00 bits per heavy atom. The second-order valence-corrected chi connectivity index (χ2v) is 6.21. The van der Waals surface area contributed by atoms with Crippen molar-refractivity contribution in [2.75, 3.05) is 0 Å². The average molecular weight is 304 g/mol. The Hall–Kier alpha value is -2.61. The van der Waals surface area contributed by atoms with Crippen LogP contribution in [0.1, 0.15) is 23.6 Å². The molecule has 0 aromatic heterocycles. The van der Waals surface area contributed by atoms with E-state index in [4.69, 9.17) is 4.74 Å². The molecule has 1 aliphatic heterocycles. The third-order valence-corrected chi connectivity index (χ3v) is 4.53. The van der Waals surface area contributed by atoms with Gasteiger partial charge in [0, 0.05) is 16.5 Å². The van der Waals surface area contributed by atoms with Crippen LogP contribution in [0.4, 0.5) is 4.39 Å². The Bertz CT molecular complexity index is 942. The number of hydrogen-bond donors (Lipinski definition) is 0. The highest BCUT2D eigenvalue weighted by Crippen LogP contribution is 2.42. The van der Waals surface area contributed by atoms with Crippen LogP contribution in [0.2, 0.25) is 0 Å². The van der Waals surface area contributed by atoms with Gasteiger partial charge in [0.15, 0.2) is 0 Å². The number of benzene rings is 3. The van der Waals surface area contributed by atoms with Crippen molar-refractivity contribution in [1.29, 1.82) is 0 Å². The van der Waals surface area contributed by atoms with Crippen LogP contribution in [-0.2, 0) is 5.60 Å². The summed E-state index contributed by atoms with van der Waals surface area (Å²) in [7, 11) is 0. The summed E-state index contributed by atoms with van der Waals surface area (Å²) in [5, 5.41) is 2.24. The van der Waals surface area contributed by atoms with E-state index in [0.29, 0.717) is 0 Å². The third kappa shape index (κ3) is 2.22. The molecule has 4 rings (SSSR count). The van der Waals surface area contributed by atoms with Crippen molar-refractivity contribution >= 4 is 16.8 Å². The predicted molar refractivity (Wildman–Crippen MR) is 92.1 cm³/mol. The fourth-order valence-corrected chi connectivity index (χ4v) is 3.22. The number of rotatable bonds is 1. The first-order chi connectivity index (χ1) is 11.1. The van der Waals surface area contributed by atoms with E-state index in [2.05, 4.69) is 31.2 Å². The lowest BCUT2D eigenvalue weighted by molar-refractivity contribution is 0.140. The van der Waals surface area contributed by atoms with E-state index in [1.165, 1.54) is 17.7 Å². The van der Waals surface area contributed by atoms with Crippen molar-refractivity contribution in [1.82, 2.24) is 0 Å². The van der Waals surface area contributed by atoms with Gasteiger partial charge in [-0.1, -0.05) is 48.5 Å². The molecule has 23 heavy (non-hydrogen) atoms. The van der Waals surface area contributed by atoms with Crippen molar-refractivity contribution in [2.24, 2.45) is 0 Å². The van der Waals surface area contributed by atoms with Crippen LogP contribution in [0.25, 0.3) is 16.8 Å². The summed E-state index contributed by atoms with van der Waals surface area (Å²) in [5.41, 5.74) is 2.41. The first-order valence-corrected chi connectivity index (χ1v) is 7.73. The monoisotopic (exact) mass is 304 g/mol. The molecule has 0 radical (unpaired) electrons. The zero-order valence-electron chi connectivity index (χ0n) is 13.1. The van der Waals surface area contributed by atoms with E-state index < -0.39 is 5.60 Å². The van der Waals surface area contributed by atoms with Gasteiger partial charge < -0.3 is 4.74 Å². The van der Waals surface area contributed by atoms with Crippen LogP contribution in [0.5, 0.6) is 5.75 Å². The van der Waals surface area contributed by atoms with Gasteiger partial charge in [-0.05, 0) is 43.0 Å². The molecule has 2 heteroatoms. The minimum Gasteiger partial charge on any atom is -0.477 e. The lowest BCUT2D eigenvalue weighted by Gasteiger charge is -2.33. The summed E-state index contributed by atoms with van der Waals surface area (Å²) in [6, 6.07) is 17.0. The Morgan fingerprint density at radius 3 is 2.65 bits per heavy atom. The van der Waals surface area contributed by atoms with Gasteiger partial charge in [0.05, 0.1) is 0 Å². The van der Waals surface area contributed by atoms with Crippen molar-refractivity contribution in [3.63, 3.8) is 0 Å². The van der Waals surface area contributed by atoms with E-state index in [1.54, 1.807) is 6.07 Å². The highest BCUT2D eigenvalue weighted by Gasteiger charge is 2.31. The second kappa shape index (κ2) is 4.95. The average Bonchev–Trinajstić information content (AvgIpc) is 2.55. The first-order valence-electron chi connectivity index (χ1n) is 7.73. The molecule has 0 saturated carbocycles. The van der Waals surface area contributed by atoms with E-state index in [-0.39, 0.29) is 5.82 Å². The summed E-state index contributed by atoms with van der Waals surface area (Å²) in [5.74, 6) is 0.621. The van der Waals surface area contributed by atoms with Gasteiger partial charge in [0.2, 0.25) is 0 Å². The molecular formula is C21H17FO. The molecular weight excluding hydrogens is 287 g/mol. The number of halogens is 1. The van der Waals surface area contributed by atoms with Crippen molar-refractivity contribution in [3.05, 3.63) is 83.2 Å².